The van der Waals surface area contributed by atoms with Crippen LogP contribution in [0.1, 0.15) is 6.42 Å². The molecule has 2 nitrogen and oxygen atoms in total. The van der Waals surface area contributed by atoms with E-state index in [9.17, 15) is 4.79 Å². The summed E-state index contributed by atoms with van der Waals surface area (Å²) in [4.78, 5) is 10.8. The molecule has 2 heteroatoms. The Morgan fingerprint density at radius 3 is 2.75 bits per heavy atom. The lowest BCUT2D eigenvalue weighted by Crippen LogP contribution is -2.12. The number of primary amides is 1. The third-order valence-electron chi connectivity index (χ3n) is 1.49. The monoisotopic (exact) mass is 161 g/mol. The fourth-order valence-corrected chi connectivity index (χ4v) is 0.865. The van der Waals surface area contributed by atoms with E-state index >= 15 is 0 Å². The van der Waals surface area contributed by atoms with Crippen molar-refractivity contribution in [1.82, 2.24) is 0 Å². The number of allylic oxidation sites excluding steroid dienone is 6. The normalized spacial score (nSPS) is 28.5. The van der Waals surface area contributed by atoms with Gasteiger partial charge in [-0.15, -0.1) is 0 Å². The summed E-state index contributed by atoms with van der Waals surface area (Å²) in [6, 6.07) is 0. The molecule has 2 N–H and O–H groups in total. The molecule has 0 aromatic rings. The van der Waals surface area contributed by atoms with Gasteiger partial charge in [0, 0.05) is 5.57 Å². The summed E-state index contributed by atoms with van der Waals surface area (Å²) in [5.41, 5.74) is 5.65. The van der Waals surface area contributed by atoms with Crippen molar-refractivity contribution >= 4 is 5.91 Å². The molecule has 0 heterocycles. The van der Waals surface area contributed by atoms with Crippen LogP contribution < -0.4 is 5.73 Å². The number of rotatable bonds is 1. The van der Waals surface area contributed by atoms with E-state index in [4.69, 9.17) is 5.73 Å². The van der Waals surface area contributed by atoms with E-state index in [-0.39, 0.29) is 0 Å². The highest BCUT2D eigenvalue weighted by molar-refractivity contribution is 5.95. The Balaban J connectivity index is 2.88. The minimum atomic E-state index is -0.397. The second kappa shape index (κ2) is 4.34. The van der Waals surface area contributed by atoms with Crippen LogP contribution in [0.2, 0.25) is 0 Å². The molecule has 62 valence electrons. The lowest BCUT2D eigenvalue weighted by atomic mass is 10.2. The highest BCUT2D eigenvalue weighted by Crippen LogP contribution is 2.00. The van der Waals surface area contributed by atoms with Crippen molar-refractivity contribution in [2.75, 3.05) is 0 Å². The Kier molecular flexibility index (Phi) is 3.08. The second-order valence-electron chi connectivity index (χ2n) is 2.44. The maximum Gasteiger partial charge on any atom is 0.248 e. The number of nitrogens with two attached hydrogens (primary N) is 1. The zero-order chi connectivity index (χ0) is 8.81. The predicted molar refractivity (Wildman–Crippen MR) is 49.3 cm³/mol. The molecule has 0 atom stereocenters. The zero-order valence-electron chi connectivity index (χ0n) is 6.73. The van der Waals surface area contributed by atoms with E-state index in [1.807, 2.05) is 30.4 Å². The average molecular weight is 161 g/mol. The van der Waals surface area contributed by atoms with E-state index in [1.165, 1.54) is 0 Å². The molecule has 0 radical (unpaired) electrons. The standard InChI is InChI=1S/C10H11NO/c11-10(12)9-7-5-3-1-2-4-6-8-9/h1,3-8H,2H2,(H2,11,12)/b3-1-,6-4-,7-5-,9-8+. The molecule has 12 heavy (non-hydrogen) atoms. The van der Waals surface area contributed by atoms with Crippen LogP contribution in [0.3, 0.4) is 0 Å². The van der Waals surface area contributed by atoms with E-state index in [2.05, 4.69) is 0 Å². The first kappa shape index (κ1) is 8.53. The molecule has 0 saturated heterocycles. The van der Waals surface area contributed by atoms with Gasteiger partial charge in [-0.05, 0) is 18.6 Å². The van der Waals surface area contributed by atoms with Crippen LogP contribution in [-0.4, -0.2) is 5.91 Å². The first-order chi connectivity index (χ1) is 5.80. The summed E-state index contributed by atoms with van der Waals surface area (Å²) in [5, 5.41) is 0. The van der Waals surface area contributed by atoms with Crippen molar-refractivity contribution in [3.05, 3.63) is 48.1 Å². The molecule has 0 aliphatic heterocycles. The quantitative estimate of drug-likeness (QED) is 0.621. The van der Waals surface area contributed by atoms with Gasteiger partial charge in [-0.3, -0.25) is 4.79 Å². The van der Waals surface area contributed by atoms with E-state index in [0.29, 0.717) is 5.57 Å². The fraction of sp³-hybridized carbons (Fsp3) is 0.100. The Labute approximate surface area is 71.8 Å². The van der Waals surface area contributed by atoms with Crippen LogP contribution >= 0.6 is 0 Å². The van der Waals surface area contributed by atoms with Gasteiger partial charge in [0.25, 0.3) is 0 Å². The molecular weight excluding hydrogens is 150 g/mol. The number of amides is 1. The van der Waals surface area contributed by atoms with Crippen LogP contribution in [0.15, 0.2) is 48.1 Å². The number of carbonyl (C=O) groups is 1. The Morgan fingerprint density at radius 2 is 2.00 bits per heavy atom. The van der Waals surface area contributed by atoms with Gasteiger partial charge in [0.2, 0.25) is 5.91 Å². The van der Waals surface area contributed by atoms with Crippen LogP contribution in [0, 0.1) is 0 Å². The van der Waals surface area contributed by atoms with E-state index in [0.717, 1.165) is 6.42 Å². The molecule has 0 fully saturated rings. The van der Waals surface area contributed by atoms with Crippen molar-refractivity contribution in [1.29, 1.82) is 0 Å². The topological polar surface area (TPSA) is 43.1 Å². The Bertz CT molecular complexity index is 282. The molecule has 1 amide bonds. The maximum atomic E-state index is 10.8. The summed E-state index contributed by atoms with van der Waals surface area (Å²) >= 11 is 0. The summed E-state index contributed by atoms with van der Waals surface area (Å²) in [6.07, 6.45) is 13.8. The molecule has 0 bridgehead atoms. The number of hydrogen-bond acceptors (Lipinski definition) is 1. The Morgan fingerprint density at radius 1 is 1.25 bits per heavy atom. The highest BCUT2D eigenvalue weighted by Gasteiger charge is 1.97. The van der Waals surface area contributed by atoms with Crippen molar-refractivity contribution in [2.24, 2.45) is 5.73 Å². The van der Waals surface area contributed by atoms with Gasteiger partial charge < -0.3 is 5.73 Å². The SMILES string of the molecule is NC(=O)C1=C/C=C\C\C=C/C=C\1. The van der Waals surface area contributed by atoms with E-state index < -0.39 is 5.91 Å². The lowest BCUT2D eigenvalue weighted by molar-refractivity contribution is -0.114. The van der Waals surface area contributed by atoms with Gasteiger partial charge in [-0.1, -0.05) is 30.4 Å². The second-order valence-corrected chi connectivity index (χ2v) is 2.44. The molecule has 0 unspecified atom stereocenters. The van der Waals surface area contributed by atoms with E-state index in [1.54, 1.807) is 12.2 Å². The first-order valence-electron chi connectivity index (χ1n) is 3.80. The van der Waals surface area contributed by atoms with Crippen LogP contribution in [-0.2, 0) is 4.79 Å². The van der Waals surface area contributed by atoms with Crippen molar-refractivity contribution in [3.63, 3.8) is 0 Å². The molecule has 0 aromatic heterocycles. The number of hydrogen-bond donors (Lipinski definition) is 1. The summed E-state index contributed by atoms with van der Waals surface area (Å²) in [7, 11) is 0. The third kappa shape index (κ3) is 2.58. The minimum Gasteiger partial charge on any atom is -0.366 e. The molecule has 1 aliphatic rings. The predicted octanol–water partition coefficient (Wildman–Crippen LogP) is 1.47. The highest BCUT2D eigenvalue weighted by atomic mass is 16.1. The van der Waals surface area contributed by atoms with Crippen molar-refractivity contribution < 1.29 is 4.79 Å². The molecular formula is C10H11NO. The largest absolute Gasteiger partial charge is 0.366 e. The summed E-state index contributed by atoms with van der Waals surface area (Å²) < 4.78 is 0. The van der Waals surface area contributed by atoms with Gasteiger partial charge in [0.05, 0.1) is 0 Å². The lowest BCUT2D eigenvalue weighted by Gasteiger charge is -1.90. The average Bonchev–Trinajstić information content (AvgIpc) is 2.15. The number of carbonyl (C=O) groups excluding carboxylic acids is 1. The van der Waals surface area contributed by atoms with Gasteiger partial charge >= 0.3 is 0 Å². The molecule has 0 aromatic carbocycles. The third-order valence-corrected chi connectivity index (χ3v) is 1.49. The summed E-state index contributed by atoms with van der Waals surface area (Å²) in [5.74, 6) is -0.397. The fourth-order valence-electron chi connectivity index (χ4n) is 0.865. The summed E-state index contributed by atoms with van der Waals surface area (Å²) in [6.45, 7) is 0. The van der Waals surface area contributed by atoms with Crippen molar-refractivity contribution in [2.45, 2.75) is 6.42 Å². The van der Waals surface area contributed by atoms with Crippen LogP contribution in [0.25, 0.3) is 0 Å². The van der Waals surface area contributed by atoms with Gasteiger partial charge in [0.1, 0.15) is 0 Å². The molecule has 1 aliphatic carbocycles. The molecule has 1 rings (SSSR count). The Hall–Kier alpha value is -1.57. The smallest absolute Gasteiger partial charge is 0.248 e. The molecule has 0 spiro atoms. The maximum absolute atomic E-state index is 10.8. The molecule has 0 saturated carbocycles. The zero-order valence-corrected chi connectivity index (χ0v) is 6.73. The minimum absolute atomic E-state index is 0.397. The van der Waals surface area contributed by atoms with Gasteiger partial charge in [-0.2, -0.15) is 0 Å². The van der Waals surface area contributed by atoms with Crippen molar-refractivity contribution in [3.8, 4) is 0 Å². The first-order valence-corrected chi connectivity index (χ1v) is 3.80. The van der Waals surface area contributed by atoms with Gasteiger partial charge in [-0.25, -0.2) is 0 Å². The van der Waals surface area contributed by atoms with Crippen LogP contribution in [0.5, 0.6) is 0 Å². The van der Waals surface area contributed by atoms with Crippen LogP contribution in [0.4, 0.5) is 0 Å². The van der Waals surface area contributed by atoms with Gasteiger partial charge in [0.15, 0.2) is 0 Å².